The maximum Gasteiger partial charge on any atom is 0.338 e. The smallest absolute Gasteiger partial charge is 0.338 e. The van der Waals surface area contributed by atoms with Crippen molar-refractivity contribution in [1.82, 2.24) is 4.57 Å². The number of esters is 1. The van der Waals surface area contributed by atoms with Crippen LogP contribution >= 0.6 is 49.9 Å². The van der Waals surface area contributed by atoms with Crippen molar-refractivity contribution in [2.24, 2.45) is 4.99 Å². The van der Waals surface area contributed by atoms with Crippen molar-refractivity contribution in [2.45, 2.75) is 32.9 Å². The van der Waals surface area contributed by atoms with Crippen LogP contribution in [-0.2, 0) is 9.53 Å². The summed E-state index contributed by atoms with van der Waals surface area (Å²) in [7, 11) is 0. The van der Waals surface area contributed by atoms with Crippen LogP contribution in [0.25, 0.3) is 11.8 Å². The minimum Gasteiger partial charge on any atom is -0.489 e. The normalized spacial score (nSPS) is 15.1. The van der Waals surface area contributed by atoms with Gasteiger partial charge in [0, 0.05) is 15.6 Å². The van der Waals surface area contributed by atoms with Crippen molar-refractivity contribution in [1.29, 1.82) is 0 Å². The molecule has 2 heterocycles. The highest BCUT2D eigenvalue weighted by atomic mass is 127. The fourth-order valence-corrected chi connectivity index (χ4v) is 7.26. The summed E-state index contributed by atoms with van der Waals surface area (Å²) in [6.07, 6.45) is 1.71. The van der Waals surface area contributed by atoms with E-state index in [1.807, 2.05) is 56.3 Å². The molecule has 0 aliphatic carbocycles. The fraction of sp³-hybridized carbons (Fsp3) is 0.194. The number of carbonyl (C=O) groups is 1. The highest BCUT2D eigenvalue weighted by molar-refractivity contribution is 14.1. The van der Waals surface area contributed by atoms with E-state index in [-0.39, 0.29) is 23.8 Å². The first-order chi connectivity index (χ1) is 19.7. The first-order valence-corrected chi connectivity index (χ1v) is 15.6. The molecule has 41 heavy (non-hydrogen) atoms. The van der Waals surface area contributed by atoms with E-state index in [0.29, 0.717) is 31.9 Å². The Morgan fingerprint density at radius 2 is 1.88 bits per heavy atom. The molecular weight excluding hydrogens is 722 g/mol. The lowest BCUT2D eigenvalue weighted by atomic mass is 9.93. The van der Waals surface area contributed by atoms with Gasteiger partial charge in [-0.05, 0) is 79.3 Å². The molecule has 3 aromatic carbocycles. The Labute approximate surface area is 262 Å². The third-order valence-corrected chi connectivity index (χ3v) is 8.48. The number of ether oxygens (including phenoxy) is 2. The summed E-state index contributed by atoms with van der Waals surface area (Å²) in [5, 5.41) is 0. The zero-order valence-electron chi connectivity index (χ0n) is 22.4. The van der Waals surface area contributed by atoms with Crippen LogP contribution in [-0.4, -0.2) is 23.2 Å². The van der Waals surface area contributed by atoms with Crippen LogP contribution in [0.1, 0.15) is 43.5 Å². The number of nitrogens with zero attached hydrogens (tertiary/aromatic N) is 2. The van der Waals surface area contributed by atoms with Crippen molar-refractivity contribution in [3.63, 3.8) is 0 Å². The molecule has 0 fully saturated rings. The Hall–Kier alpha value is -3.09. The number of hydrogen-bond acceptors (Lipinski definition) is 6. The van der Waals surface area contributed by atoms with E-state index in [1.54, 1.807) is 25.1 Å². The van der Waals surface area contributed by atoms with Gasteiger partial charge in [-0.2, -0.15) is 0 Å². The molecule has 210 valence electrons. The Morgan fingerprint density at radius 3 is 2.54 bits per heavy atom. The minimum atomic E-state index is -0.878. The quantitative estimate of drug-likeness (QED) is 0.166. The van der Waals surface area contributed by atoms with Crippen LogP contribution in [0.5, 0.6) is 5.75 Å². The molecule has 0 unspecified atom stereocenters. The monoisotopic (exact) mass is 746 g/mol. The third-order valence-electron chi connectivity index (χ3n) is 6.24. The second-order valence-corrected chi connectivity index (χ2v) is 12.5. The largest absolute Gasteiger partial charge is 0.489 e. The Bertz CT molecular complexity index is 1830. The average Bonchev–Trinajstić information content (AvgIpc) is 3.25. The van der Waals surface area contributed by atoms with Crippen LogP contribution in [0.15, 0.2) is 86.6 Å². The van der Waals surface area contributed by atoms with Gasteiger partial charge in [-0.25, -0.2) is 14.2 Å². The molecule has 5 rings (SSSR count). The minimum absolute atomic E-state index is 0.0721. The molecule has 0 saturated heterocycles. The van der Waals surface area contributed by atoms with Crippen molar-refractivity contribution in [2.75, 3.05) is 6.61 Å². The highest BCUT2D eigenvalue weighted by Gasteiger charge is 2.35. The van der Waals surface area contributed by atoms with Gasteiger partial charge >= 0.3 is 5.97 Å². The predicted molar refractivity (Wildman–Crippen MR) is 170 cm³/mol. The Balaban J connectivity index is 1.83. The molecule has 1 aliphatic heterocycles. The Kier molecular flexibility index (Phi) is 8.91. The van der Waals surface area contributed by atoms with Crippen LogP contribution in [0.4, 0.5) is 4.39 Å². The van der Waals surface area contributed by atoms with Gasteiger partial charge in [-0.1, -0.05) is 69.7 Å². The number of benzene rings is 3. The molecule has 4 aromatic rings. The summed E-state index contributed by atoms with van der Waals surface area (Å²) in [6, 6.07) is 18.0. The summed E-state index contributed by atoms with van der Waals surface area (Å²) in [5.41, 5.74) is 2.29. The number of hydrogen-bond donors (Lipinski definition) is 0. The summed E-state index contributed by atoms with van der Waals surface area (Å²) < 4.78 is 29.2. The second-order valence-electron chi connectivity index (χ2n) is 9.46. The molecule has 0 bridgehead atoms. The number of thiazole rings is 1. The molecule has 0 saturated carbocycles. The zero-order chi connectivity index (χ0) is 29.3. The van der Waals surface area contributed by atoms with E-state index in [4.69, 9.17) is 14.5 Å². The first-order valence-electron chi connectivity index (χ1n) is 12.9. The number of carbonyl (C=O) groups excluding carboxylic acids is 1. The summed E-state index contributed by atoms with van der Waals surface area (Å²) in [4.78, 5) is 32.9. The van der Waals surface area contributed by atoms with Gasteiger partial charge in [-0.15, -0.1) is 0 Å². The zero-order valence-corrected chi connectivity index (χ0v) is 26.9. The number of aromatic nitrogens is 1. The highest BCUT2D eigenvalue weighted by Crippen LogP contribution is 2.35. The predicted octanol–water partition coefficient (Wildman–Crippen LogP) is 6.23. The van der Waals surface area contributed by atoms with Crippen LogP contribution in [0.2, 0.25) is 0 Å². The Morgan fingerprint density at radius 1 is 1.17 bits per heavy atom. The van der Waals surface area contributed by atoms with E-state index in [9.17, 15) is 14.0 Å². The lowest BCUT2D eigenvalue weighted by Gasteiger charge is -2.25. The lowest BCUT2D eigenvalue weighted by molar-refractivity contribution is -0.138. The maximum atomic E-state index is 14.1. The van der Waals surface area contributed by atoms with Crippen molar-refractivity contribution >= 4 is 67.6 Å². The second kappa shape index (κ2) is 12.4. The number of rotatable bonds is 7. The van der Waals surface area contributed by atoms with E-state index >= 15 is 0 Å². The molecule has 0 amide bonds. The third kappa shape index (κ3) is 6.09. The topological polar surface area (TPSA) is 69.9 Å². The summed E-state index contributed by atoms with van der Waals surface area (Å²) >= 11 is 6.98. The van der Waals surface area contributed by atoms with E-state index < -0.39 is 17.8 Å². The van der Waals surface area contributed by atoms with Crippen molar-refractivity contribution in [3.05, 3.63) is 123 Å². The number of fused-ring (bicyclic) bond motifs is 1. The van der Waals surface area contributed by atoms with Gasteiger partial charge in [0.2, 0.25) is 0 Å². The van der Waals surface area contributed by atoms with Gasteiger partial charge in [0.15, 0.2) is 4.80 Å². The average molecular weight is 747 g/mol. The van der Waals surface area contributed by atoms with E-state index in [0.717, 1.165) is 13.6 Å². The van der Waals surface area contributed by atoms with Crippen molar-refractivity contribution < 1.29 is 18.7 Å². The van der Waals surface area contributed by atoms with E-state index in [1.165, 1.54) is 28.0 Å². The first kappa shape index (κ1) is 29.4. The van der Waals surface area contributed by atoms with E-state index in [2.05, 4.69) is 38.5 Å². The molecule has 0 spiro atoms. The molecule has 0 N–H and O–H groups in total. The molecule has 0 radical (unpaired) electrons. The summed E-state index contributed by atoms with van der Waals surface area (Å²) in [6.45, 7) is 5.76. The van der Waals surface area contributed by atoms with Gasteiger partial charge in [0.1, 0.15) is 11.6 Å². The molecule has 1 aromatic heterocycles. The standard InChI is InChI=1S/C31H25BrFIN2O4S/c1-4-39-30(38)25-26(18-8-6-5-7-9-18)35-31-36(27(25)19-10-12-22(33)13-11-19)29(37)24(41-31)15-20-14-21(32)16-23(34)28(20)40-17(2)3/h5-17,27H,4H2,1-3H3/b24-15-/t27-/m1/s1. The molecule has 1 aliphatic rings. The van der Waals surface area contributed by atoms with Crippen LogP contribution in [0, 0.1) is 9.39 Å². The SMILES string of the molecule is CCOC(=O)C1=C(c2ccccc2)N=c2s/c(=C\c3cc(Br)cc(I)c3OC(C)C)c(=O)n2[C@@H]1c1ccc(F)cc1. The molecule has 1 atom stereocenters. The van der Waals surface area contributed by atoms with Gasteiger partial charge in [0.25, 0.3) is 5.56 Å². The molecular formula is C31H25BrFIN2O4S. The maximum absolute atomic E-state index is 14.1. The molecule has 6 nitrogen and oxygen atoms in total. The lowest BCUT2D eigenvalue weighted by Crippen LogP contribution is -2.40. The van der Waals surface area contributed by atoms with Crippen LogP contribution < -0.4 is 19.6 Å². The van der Waals surface area contributed by atoms with Gasteiger partial charge < -0.3 is 9.47 Å². The van der Waals surface area contributed by atoms with Gasteiger partial charge in [-0.3, -0.25) is 9.36 Å². The van der Waals surface area contributed by atoms with Crippen molar-refractivity contribution in [3.8, 4) is 5.75 Å². The summed E-state index contributed by atoms with van der Waals surface area (Å²) in [5.74, 6) is -0.345. The van der Waals surface area contributed by atoms with Crippen LogP contribution in [0.3, 0.4) is 0 Å². The van der Waals surface area contributed by atoms with Gasteiger partial charge in [0.05, 0.1) is 38.1 Å². The fourth-order valence-electron chi connectivity index (χ4n) is 4.59. The number of halogens is 3. The molecule has 10 heteroatoms.